The molecule has 0 atom stereocenters. The molecule has 124 valence electrons. The lowest BCUT2D eigenvalue weighted by Gasteiger charge is -2.30. The van der Waals surface area contributed by atoms with Crippen LogP contribution in [0.3, 0.4) is 0 Å². The molecule has 23 heavy (non-hydrogen) atoms. The Morgan fingerprint density at radius 3 is 2.52 bits per heavy atom. The minimum atomic E-state index is -0.886. The van der Waals surface area contributed by atoms with E-state index in [-0.39, 0.29) is 24.3 Å². The van der Waals surface area contributed by atoms with Crippen molar-refractivity contribution in [2.45, 2.75) is 12.8 Å². The van der Waals surface area contributed by atoms with Gasteiger partial charge in [-0.15, -0.1) is 0 Å². The number of nitrogens with zero attached hydrogens (tertiary/aromatic N) is 1. The van der Waals surface area contributed by atoms with Crippen molar-refractivity contribution in [3.63, 3.8) is 0 Å². The fraction of sp³-hybridized carbons (Fsp3) is 0.400. The number of carbonyl (C=O) groups is 3. The maximum absolute atomic E-state index is 13.8. The number of halogens is 1. The number of rotatable bonds is 3. The van der Waals surface area contributed by atoms with Gasteiger partial charge in [0.1, 0.15) is 11.4 Å². The maximum Gasteiger partial charge on any atom is 0.342 e. The van der Waals surface area contributed by atoms with Crippen LogP contribution >= 0.6 is 0 Å². The van der Waals surface area contributed by atoms with Crippen LogP contribution in [0.1, 0.15) is 23.2 Å². The van der Waals surface area contributed by atoms with Crippen molar-refractivity contribution in [1.82, 2.24) is 4.90 Å². The summed E-state index contributed by atoms with van der Waals surface area (Å²) in [5, 5.41) is 11.4. The highest BCUT2D eigenvalue weighted by Gasteiger charge is 2.28. The summed E-state index contributed by atoms with van der Waals surface area (Å²) in [5.74, 6) is -3.01. The van der Waals surface area contributed by atoms with Crippen molar-refractivity contribution < 1.29 is 28.6 Å². The number of methoxy groups -OCH3 is 1. The van der Waals surface area contributed by atoms with Gasteiger partial charge in [-0.1, -0.05) is 6.07 Å². The van der Waals surface area contributed by atoms with E-state index in [0.29, 0.717) is 12.8 Å². The number of hydrogen-bond donors (Lipinski definition) is 2. The van der Waals surface area contributed by atoms with Gasteiger partial charge in [0.05, 0.1) is 18.7 Å². The molecule has 1 aromatic rings. The van der Waals surface area contributed by atoms with Crippen molar-refractivity contribution in [1.29, 1.82) is 0 Å². The Morgan fingerprint density at radius 1 is 1.30 bits per heavy atom. The van der Waals surface area contributed by atoms with Crippen LogP contribution < -0.4 is 5.32 Å². The molecule has 0 radical (unpaired) electrons. The second-order valence-electron chi connectivity index (χ2n) is 5.18. The molecule has 8 heteroatoms. The van der Waals surface area contributed by atoms with Gasteiger partial charge in [-0.3, -0.25) is 4.79 Å². The molecule has 0 spiro atoms. The van der Waals surface area contributed by atoms with Gasteiger partial charge >= 0.3 is 18.0 Å². The molecule has 1 saturated heterocycles. The molecule has 0 saturated carbocycles. The monoisotopic (exact) mass is 324 g/mol. The van der Waals surface area contributed by atoms with E-state index in [9.17, 15) is 18.8 Å². The van der Waals surface area contributed by atoms with Crippen LogP contribution in [0.2, 0.25) is 0 Å². The Bertz CT molecular complexity index is 626. The normalized spacial score (nSPS) is 15.1. The molecule has 2 N–H and O–H groups in total. The summed E-state index contributed by atoms with van der Waals surface area (Å²) in [6.45, 7) is 0.567. The van der Waals surface area contributed by atoms with Gasteiger partial charge in [0.2, 0.25) is 0 Å². The molecule has 1 heterocycles. The second kappa shape index (κ2) is 7.08. The Morgan fingerprint density at radius 2 is 1.96 bits per heavy atom. The van der Waals surface area contributed by atoms with Crippen LogP contribution in [-0.4, -0.2) is 48.2 Å². The van der Waals surface area contributed by atoms with Gasteiger partial charge in [-0.2, -0.15) is 0 Å². The molecule has 1 aliphatic heterocycles. The lowest BCUT2D eigenvalue weighted by Crippen LogP contribution is -2.42. The quantitative estimate of drug-likeness (QED) is 0.828. The molecule has 0 bridgehead atoms. The second-order valence-corrected chi connectivity index (χ2v) is 5.18. The summed E-state index contributed by atoms with van der Waals surface area (Å²) in [5.41, 5.74) is -0.328. The van der Waals surface area contributed by atoms with E-state index >= 15 is 0 Å². The van der Waals surface area contributed by atoms with Gasteiger partial charge in [0, 0.05) is 13.1 Å². The standard InChI is InChI=1S/C15H17FN2O5/c1-23-14(21)12-10(16)3-2-4-11(12)17-15(22)18-7-5-9(6-8-18)13(19)20/h2-4,9H,5-8H2,1H3,(H,17,22)(H,19,20). The van der Waals surface area contributed by atoms with Gasteiger partial charge in [0.25, 0.3) is 0 Å². The zero-order valence-electron chi connectivity index (χ0n) is 12.5. The third-order valence-electron chi connectivity index (χ3n) is 3.78. The number of nitrogens with one attached hydrogen (secondary N) is 1. The van der Waals surface area contributed by atoms with Crippen molar-refractivity contribution in [3.8, 4) is 0 Å². The molecule has 2 amide bonds. The molecule has 1 fully saturated rings. The minimum Gasteiger partial charge on any atom is -0.481 e. The zero-order valence-corrected chi connectivity index (χ0v) is 12.5. The number of esters is 1. The van der Waals surface area contributed by atoms with E-state index in [0.717, 1.165) is 13.2 Å². The number of urea groups is 1. The highest BCUT2D eigenvalue weighted by Crippen LogP contribution is 2.22. The average Bonchev–Trinajstić information content (AvgIpc) is 2.54. The highest BCUT2D eigenvalue weighted by molar-refractivity contribution is 6.01. The van der Waals surface area contributed by atoms with Crippen molar-refractivity contribution in [3.05, 3.63) is 29.6 Å². The number of aliphatic carboxylic acids is 1. The molecule has 0 unspecified atom stereocenters. The van der Waals surface area contributed by atoms with E-state index < -0.39 is 29.7 Å². The van der Waals surface area contributed by atoms with Crippen molar-refractivity contribution in [2.24, 2.45) is 5.92 Å². The lowest BCUT2D eigenvalue weighted by atomic mass is 9.97. The maximum atomic E-state index is 13.8. The average molecular weight is 324 g/mol. The predicted molar refractivity (Wildman–Crippen MR) is 78.7 cm³/mol. The first-order valence-corrected chi connectivity index (χ1v) is 7.09. The zero-order chi connectivity index (χ0) is 17.0. The van der Waals surface area contributed by atoms with Crippen molar-refractivity contribution in [2.75, 3.05) is 25.5 Å². The Hall–Kier alpha value is -2.64. The number of anilines is 1. The van der Waals surface area contributed by atoms with E-state index in [2.05, 4.69) is 10.1 Å². The molecular weight excluding hydrogens is 307 g/mol. The largest absolute Gasteiger partial charge is 0.481 e. The fourth-order valence-electron chi connectivity index (χ4n) is 2.46. The SMILES string of the molecule is COC(=O)c1c(F)cccc1NC(=O)N1CCC(C(=O)O)CC1. The smallest absolute Gasteiger partial charge is 0.342 e. The number of likely N-dealkylation sites (tertiary alicyclic amines) is 1. The first kappa shape index (κ1) is 16.7. The highest BCUT2D eigenvalue weighted by atomic mass is 19.1. The van der Waals surface area contributed by atoms with Crippen LogP contribution in [-0.2, 0) is 9.53 Å². The fourth-order valence-corrected chi connectivity index (χ4v) is 2.46. The Labute approximate surface area is 132 Å². The number of piperidine rings is 1. The number of carboxylic acids is 1. The third-order valence-corrected chi connectivity index (χ3v) is 3.78. The van der Waals surface area contributed by atoms with E-state index in [4.69, 9.17) is 5.11 Å². The first-order chi connectivity index (χ1) is 10.9. The Balaban J connectivity index is 2.08. The number of hydrogen-bond acceptors (Lipinski definition) is 4. The number of amides is 2. The molecule has 0 aliphatic carbocycles. The summed E-state index contributed by atoms with van der Waals surface area (Å²) in [6.07, 6.45) is 0.714. The summed E-state index contributed by atoms with van der Waals surface area (Å²) in [7, 11) is 1.12. The van der Waals surface area contributed by atoms with Gasteiger partial charge in [-0.05, 0) is 25.0 Å². The summed E-state index contributed by atoms with van der Waals surface area (Å²) < 4.78 is 18.3. The van der Waals surface area contributed by atoms with Crippen LogP contribution in [0.15, 0.2) is 18.2 Å². The van der Waals surface area contributed by atoms with E-state index in [1.165, 1.54) is 17.0 Å². The van der Waals surface area contributed by atoms with Crippen LogP contribution in [0.4, 0.5) is 14.9 Å². The lowest BCUT2D eigenvalue weighted by molar-refractivity contribution is -0.143. The molecule has 1 aromatic carbocycles. The van der Waals surface area contributed by atoms with Crippen LogP contribution in [0, 0.1) is 11.7 Å². The van der Waals surface area contributed by atoms with E-state index in [1.807, 2.05) is 0 Å². The number of carbonyl (C=O) groups excluding carboxylic acids is 2. The molecule has 1 aliphatic rings. The number of ether oxygens (including phenoxy) is 1. The molecule has 2 rings (SSSR count). The van der Waals surface area contributed by atoms with Crippen molar-refractivity contribution >= 4 is 23.7 Å². The van der Waals surface area contributed by atoms with Gasteiger partial charge < -0.3 is 20.1 Å². The van der Waals surface area contributed by atoms with Gasteiger partial charge in [-0.25, -0.2) is 14.0 Å². The topological polar surface area (TPSA) is 95.9 Å². The summed E-state index contributed by atoms with van der Waals surface area (Å²) in [6, 6.07) is 3.36. The van der Waals surface area contributed by atoms with E-state index in [1.54, 1.807) is 0 Å². The van der Waals surface area contributed by atoms with Crippen LogP contribution in [0.5, 0.6) is 0 Å². The number of carboxylic acid groups (broad SMARTS) is 1. The molecule has 7 nitrogen and oxygen atoms in total. The summed E-state index contributed by atoms with van der Waals surface area (Å²) in [4.78, 5) is 36.2. The first-order valence-electron chi connectivity index (χ1n) is 7.09. The predicted octanol–water partition coefficient (Wildman–Crippen LogP) is 1.94. The Kier molecular flexibility index (Phi) is 5.15. The number of benzene rings is 1. The van der Waals surface area contributed by atoms with Gasteiger partial charge in [0.15, 0.2) is 0 Å². The summed E-state index contributed by atoms with van der Waals surface area (Å²) >= 11 is 0. The minimum absolute atomic E-state index is 0.0159. The van der Waals surface area contributed by atoms with Crippen LogP contribution in [0.25, 0.3) is 0 Å². The third kappa shape index (κ3) is 3.77. The molecular formula is C15H17FN2O5. The molecule has 0 aromatic heterocycles.